The second-order valence-corrected chi connectivity index (χ2v) is 5.19. The lowest BCUT2D eigenvalue weighted by atomic mass is 10.2. The van der Waals surface area contributed by atoms with Gasteiger partial charge in [-0.3, -0.25) is 4.79 Å². The predicted molar refractivity (Wildman–Crippen MR) is 83.4 cm³/mol. The smallest absolute Gasteiger partial charge is 0.222 e. The number of carbonyl (C=O) groups excluding carboxylic acids is 1. The molecule has 0 aliphatic heterocycles. The van der Waals surface area contributed by atoms with Gasteiger partial charge in [-0.15, -0.1) is 11.3 Å². The molecule has 2 aromatic rings. The monoisotopic (exact) mass is 305 g/mol. The lowest BCUT2D eigenvalue weighted by Crippen LogP contribution is -2.05. The molecule has 5 heteroatoms. The Morgan fingerprint density at radius 1 is 1.30 bits per heavy atom. The molecule has 20 heavy (non-hydrogen) atoms. The normalized spacial score (nSPS) is 12.3. The van der Waals surface area contributed by atoms with Gasteiger partial charge in [0.15, 0.2) is 6.29 Å². The van der Waals surface area contributed by atoms with Crippen molar-refractivity contribution in [1.29, 1.82) is 0 Å². The van der Waals surface area contributed by atoms with Crippen molar-refractivity contribution in [2.75, 3.05) is 7.11 Å². The van der Waals surface area contributed by atoms with E-state index in [2.05, 4.69) is 4.99 Å². The Balaban J connectivity index is 2.39. The van der Waals surface area contributed by atoms with Crippen molar-refractivity contribution in [3.63, 3.8) is 0 Å². The summed E-state index contributed by atoms with van der Waals surface area (Å²) >= 11 is 7.63. The number of ether oxygens (including phenoxy) is 1. The van der Waals surface area contributed by atoms with Crippen LogP contribution in [0.4, 0.5) is 0 Å². The third kappa shape index (κ3) is 3.56. The zero-order valence-electron chi connectivity index (χ0n) is 10.7. The summed E-state index contributed by atoms with van der Waals surface area (Å²) in [6.45, 7) is 0. The number of allylic oxidation sites excluding steroid dienone is 1. The highest BCUT2D eigenvalue weighted by atomic mass is 35.5. The van der Waals surface area contributed by atoms with Crippen LogP contribution in [0.2, 0.25) is 5.02 Å². The van der Waals surface area contributed by atoms with Gasteiger partial charge in [-0.1, -0.05) is 29.8 Å². The second-order valence-electron chi connectivity index (χ2n) is 3.80. The number of aliphatic imine (C=N–C) groups is 1. The number of rotatable bonds is 4. The fourth-order valence-corrected chi connectivity index (χ4v) is 2.46. The number of thiophene rings is 1. The van der Waals surface area contributed by atoms with Crippen LogP contribution in [-0.4, -0.2) is 19.3 Å². The number of hydrogen-bond acceptors (Lipinski definition) is 4. The average molecular weight is 306 g/mol. The van der Waals surface area contributed by atoms with Crippen LogP contribution >= 0.6 is 22.9 Å². The van der Waals surface area contributed by atoms with Gasteiger partial charge in [0.1, 0.15) is 5.70 Å². The Hall–Kier alpha value is -1.91. The van der Waals surface area contributed by atoms with Crippen LogP contribution in [0.1, 0.15) is 10.4 Å². The molecule has 3 nitrogen and oxygen atoms in total. The molecule has 1 aromatic heterocycles. The lowest BCUT2D eigenvalue weighted by Gasteiger charge is -2.06. The summed E-state index contributed by atoms with van der Waals surface area (Å²) in [6.07, 6.45) is 2.39. The van der Waals surface area contributed by atoms with E-state index in [0.717, 1.165) is 4.88 Å². The van der Waals surface area contributed by atoms with Gasteiger partial charge in [-0.05, 0) is 29.7 Å². The summed E-state index contributed by atoms with van der Waals surface area (Å²) in [6, 6.07) is 11.0. The average Bonchev–Trinajstić information content (AvgIpc) is 2.97. The quantitative estimate of drug-likeness (QED) is 0.370. The summed E-state index contributed by atoms with van der Waals surface area (Å²) in [5.74, 6) is 0.311. The van der Waals surface area contributed by atoms with Gasteiger partial charge in [0, 0.05) is 4.88 Å². The van der Waals surface area contributed by atoms with Crippen LogP contribution in [0.15, 0.2) is 52.5 Å². The molecule has 0 saturated carbocycles. The molecule has 0 aliphatic carbocycles. The van der Waals surface area contributed by atoms with Crippen molar-refractivity contribution >= 4 is 41.2 Å². The Morgan fingerprint density at radius 2 is 2.10 bits per heavy atom. The molecule has 1 aromatic carbocycles. The fourth-order valence-electron chi connectivity index (χ4n) is 1.58. The summed E-state index contributed by atoms with van der Waals surface area (Å²) in [5.41, 5.74) is 0.930. The van der Waals surface area contributed by atoms with Crippen LogP contribution < -0.4 is 0 Å². The molecule has 1 heterocycles. The highest BCUT2D eigenvalue weighted by molar-refractivity contribution is 7.10. The SMILES string of the molecule is CO/C(=N\C(C=O)=C/c1cccs1)c1ccccc1Cl. The van der Waals surface area contributed by atoms with E-state index in [1.165, 1.54) is 18.4 Å². The molecule has 2 rings (SSSR count). The van der Waals surface area contributed by atoms with Crippen LogP contribution in [0.5, 0.6) is 0 Å². The topological polar surface area (TPSA) is 38.7 Å². The first-order chi connectivity index (χ1) is 9.74. The van der Waals surface area contributed by atoms with E-state index in [4.69, 9.17) is 16.3 Å². The maximum absolute atomic E-state index is 11.1. The maximum atomic E-state index is 11.1. The summed E-state index contributed by atoms with van der Waals surface area (Å²) in [5, 5.41) is 2.46. The molecule has 0 spiro atoms. The van der Waals surface area contributed by atoms with Crippen molar-refractivity contribution < 1.29 is 9.53 Å². The van der Waals surface area contributed by atoms with Crippen molar-refractivity contribution in [1.82, 2.24) is 0 Å². The van der Waals surface area contributed by atoms with E-state index < -0.39 is 0 Å². The number of methoxy groups -OCH3 is 1. The van der Waals surface area contributed by atoms with Crippen molar-refractivity contribution in [3.8, 4) is 0 Å². The molecule has 0 atom stereocenters. The predicted octanol–water partition coefficient (Wildman–Crippen LogP) is 4.03. The molecule has 0 bridgehead atoms. The number of benzene rings is 1. The number of nitrogens with zero attached hydrogens (tertiary/aromatic N) is 1. The van der Waals surface area contributed by atoms with Crippen LogP contribution in [0.25, 0.3) is 6.08 Å². The Kier molecular flexibility index (Phi) is 5.09. The summed E-state index contributed by atoms with van der Waals surface area (Å²) in [4.78, 5) is 16.3. The highest BCUT2D eigenvalue weighted by Gasteiger charge is 2.09. The molecule has 0 saturated heterocycles. The minimum Gasteiger partial charge on any atom is -0.481 e. The molecule has 0 N–H and O–H groups in total. The number of hydrogen-bond donors (Lipinski definition) is 0. The second kappa shape index (κ2) is 7.03. The van der Waals surface area contributed by atoms with Crippen molar-refractivity contribution in [3.05, 3.63) is 62.9 Å². The molecule has 0 radical (unpaired) electrons. The van der Waals surface area contributed by atoms with E-state index >= 15 is 0 Å². The zero-order chi connectivity index (χ0) is 14.4. The van der Waals surface area contributed by atoms with Gasteiger partial charge < -0.3 is 4.74 Å². The lowest BCUT2D eigenvalue weighted by molar-refractivity contribution is -0.104. The first kappa shape index (κ1) is 14.5. The first-order valence-electron chi connectivity index (χ1n) is 5.82. The Bertz CT molecular complexity index is 648. The molecule has 0 unspecified atom stereocenters. The van der Waals surface area contributed by atoms with E-state index in [1.807, 2.05) is 29.6 Å². The standard InChI is InChI=1S/C15H12ClNO2S/c1-19-15(13-6-2-3-7-14(13)16)17-11(10-18)9-12-5-4-8-20-12/h2-10H,1H3/b11-9-,17-15-. The van der Waals surface area contributed by atoms with E-state index in [1.54, 1.807) is 18.2 Å². The number of halogens is 1. The molecule has 0 aliphatic rings. The van der Waals surface area contributed by atoms with E-state index in [0.29, 0.717) is 22.8 Å². The maximum Gasteiger partial charge on any atom is 0.222 e. The molecular formula is C15H12ClNO2S. The zero-order valence-corrected chi connectivity index (χ0v) is 12.3. The molecule has 0 fully saturated rings. The third-order valence-corrected chi connectivity index (χ3v) is 3.63. The molecular weight excluding hydrogens is 294 g/mol. The number of carbonyl (C=O) groups is 1. The van der Waals surface area contributed by atoms with Crippen LogP contribution in [-0.2, 0) is 9.53 Å². The third-order valence-electron chi connectivity index (χ3n) is 2.48. The molecule has 0 amide bonds. The van der Waals surface area contributed by atoms with Gasteiger partial charge in [-0.25, -0.2) is 4.99 Å². The minimum atomic E-state index is 0.282. The van der Waals surface area contributed by atoms with E-state index in [9.17, 15) is 4.79 Å². The van der Waals surface area contributed by atoms with Gasteiger partial charge in [0.2, 0.25) is 5.90 Å². The largest absolute Gasteiger partial charge is 0.481 e. The highest BCUT2D eigenvalue weighted by Crippen LogP contribution is 2.18. The fraction of sp³-hybridized carbons (Fsp3) is 0.0667. The first-order valence-corrected chi connectivity index (χ1v) is 7.08. The Morgan fingerprint density at radius 3 is 2.70 bits per heavy atom. The summed E-state index contributed by atoms with van der Waals surface area (Å²) < 4.78 is 5.24. The van der Waals surface area contributed by atoms with Crippen molar-refractivity contribution in [2.45, 2.75) is 0 Å². The Labute approximate surface area is 126 Å². The van der Waals surface area contributed by atoms with Gasteiger partial charge in [-0.2, -0.15) is 0 Å². The van der Waals surface area contributed by atoms with Crippen LogP contribution in [0.3, 0.4) is 0 Å². The minimum absolute atomic E-state index is 0.282. The van der Waals surface area contributed by atoms with Gasteiger partial charge in [0.05, 0.1) is 17.7 Å². The van der Waals surface area contributed by atoms with Crippen LogP contribution in [0, 0.1) is 0 Å². The van der Waals surface area contributed by atoms with Gasteiger partial charge in [0.25, 0.3) is 0 Å². The number of aldehydes is 1. The van der Waals surface area contributed by atoms with Crippen molar-refractivity contribution in [2.24, 2.45) is 4.99 Å². The molecule has 102 valence electrons. The van der Waals surface area contributed by atoms with Gasteiger partial charge >= 0.3 is 0 Å². The summed E-state index contributed by atoms with van der Waals surface area (Å²) in [7, 11) is 1.50. The van der Waals surface area contributed by atoms with E-state index in [-0.39, 0.29) is 5.70 Å².